The van der Waals surface area contributed by atoms with Gasteiger partial charge in [0.05, 0.1) is 12.3 Å². The first-order chi connectivity index (χ1) is 16.1. The summed E-state index contributed by atoms with van der Waals surface area (Å²) in [5.74, 6) is 3.21. The Morgan fingerprint density at radius 3 is 2.18 bits per heavy atom. The van der Waals surface area contributed by atoms with Crippen LogP contribution >= 0.6 is 22.7 Å². The molecular weight excluding hydrogens is 477 g/mol. The molecule has 0 amide bonds. The third-order valence-corrected chi connectivity index (χ3v) is 14.6. The van der Waals surface area contributed by atoms with Gasteiger partial charge in [-0.25, -0.2) is 9.78 Å². The number of nitrogens with two attached hydrogens (primary N) is 1. The number of hydrogen-bond donors (Lipinski definition) is 1. The van der Waals surface area contributed by atoms with Gasteiger partial charge >= 0.3 is 5.97 Å². The molecule has 0 spiro atoms. The minimum absolute atomic E-state index is 0.311. The number of nitrogen functional groups attached to an aromatic ring is 1. The number of nitrogens with zero attached hydrogens (tertiary/aromatic N) is 1. The molecule has 0 unspecified atom stereocenters. The summed E-state index contributed by atoms with van der Waals surface area (Å²) >= 11 is 2.86. The summed E-state index contributed by atoms with van der Waals surface area (Å²) in [6.45, 7) is 16.1. The molecule has 2 aromatic heterocycles. The van der Waals surface area contributed by atoms with Crippen LogP contribution in [-0.2, 0) is 4.74 Å². The molecule has 1 aromatic carbocycles. The Balaban J connectivity index is 1.96. The van der Waals surface area contributed by atoms with E-state index in [1.54, 1.807) is 18.3 Å². The highest BCUT2D eigenvalue weighted by Gasteiger charge is 2.41. The molecule has 7 heteroatoms. The lowest BCUT2D eigenvalue weighted by molar-refractivity contribution is 0.0532. The molecule has 0 atom stereocenters. The van der Waals surface area contributed by atoms with Crippen LogP contribution in [-0.4, -0.2) is 25.6 Å². The Labute approximate surface area is 212 Å². The Kier molecular flexibility index (Phi) is 8.40. The molecule has 2 N–H and O–H groups in total. The van der Waals surface area contributed by atoms with Crippen LogP contribution in [0.3, 0.4) is 0 Å². The predicted molar refractivity (Wildman–Crippen MR) is 149 cm³/mol. The van der Waals surface area contributed by atoms with Gasteiger partial charge in [-0.1, -0.05) is 83.1 Å². The van der Waals surface area contributed by atoms with E-state index in [9.17, 15) is 4.79 Å². The van der Waals surface area contributed by atoms with Gasteiger partial charge in [-0.2, -0.15) is 0 Å². The molecule has 0 aliphatic rings. The highest BCUT2D eigenvalue weighted by atomic mass is 32.1. The van der Waals surface area contributed by atoms with Crippen LogP contribution in [0.25, 0.3) is 21.7 Å². The highest BCUT2D eigenvalue weighted by molar-refractivity contribution is 7.17. The summed E-state index contributed by atoms with van der Waals surface area (Å²) in [5.41, 5.74) is 15.1. The van der Waals surface area contributed by atoms with Crippen molar-refractivity contribution < 1.29 is 9.53 Å². The van der Waals surface area contributed by atoms with Crippen LogP contribution in [0.4, 0.5) is 5.13 Å². The van der Waals surface area contributed by atoms with Crippen molar-refractivity contribution in [2.24, 2.45) is 0 Å². The first-order valence-electron chi connectivity index (χ1n) is 11.8. The minimum Gasteiger partial charge on any atom is -0.462 e. The Morgan fingerprint density at radius 1 is 1.03 bits per heavy atom. The number of carbonyl (C=O) groups excluding carboxylic acids is 1. The van der Waals surface area contributed by atoms with Gasteiger partial charge in [0.2, 0.25) is 0 Å². The zero-order valence-corrected chi connectivity index (χ0v) is 23.7. The average Bonchev–Trinajstić information content (AvgIpc) is 3.40. The summed E-state index contributed by atoms with van der Waals surface area (Å²) in [4.78, 5) is 18.3. The number of carbonyl (C=O) groups is 1. The van der Waals surface area contributed by atoms with Gasteiger partial charge in [0.1, 0.15) is 13.0 Å². The monoisotopic (exact) mass is 510 g/mol. The zero-order valence-electron chi connectivity index (χ0n) is 21.1. The Hall–Kier alpha value is -2.40. The first-order valence-corrected chi connectivity index (χ1v) is 15.7. The van der Waals surface area contributed by atoms with Gasteiger partial charge in [0.15, 0.2) is 5.13 Å². The second-order valence-corrected chi connectivity index (χ2v) is 16.9. The van der Waals surface area contributed by atoms with Gasteiger partial charge in [0.25, 0.3) is 0 Å². The fourth-order valence-corrected chi connectivity index (χ4v) is 11.7. The maximum atomic E-state index is 12.3. The molecule has 0 saturated carbocycles. The molecule has 3 aromatic rings. The largest absolute Gasteiger partial charge is 0.462 e. The number of anilines is 1. The molecule has 3 rings (SSSR count). The number of rotatable bonds is 7. The van der Waals surface area contributed by atoms with Crippen molar-refractivity contribution in [2.75, 3.05) is 12.3 Å². The van der Waals surface area contributed by atoms with Crippen LogP contribution in [0.2, 0.25) is 16.6 Å². The Morgan fingerprint density at radius 2 is 1.62 bits per heavy atom. The van der Waals surface area contributed by atoms with E-state index in [2.05, 4.69) is 81.6 Å². The lowest BCUT2D eigenvalue weighted by Gasteiger charge is -2.38. The standard InChI is InChI=1S/C27H34N2O2S2Si/c1-8-31-26(30)25-23(29-27(28)33-25)20-9-11-21(12-10-20)24-22(13-15-32-24)14-16-34(17(2)3,18(4)5)19(6)7/h9-13,15,17-19H,8H2,1-7H3,(H2,28,29). The lowest BCUT2D eigenvalue weighted by Crippen LogP contribution is -2.43. The fourth-order valence-electron chi connectivity index (χ4n) is 4.89. The van der Waals surface area contributed by atoms with Gasteiger partial charge < -0.3 is 10.5 Å². The molecule has 34 heavy (non-hydrogen) atoms. The van der Waals surface area contributed by atoms with Crippen molar-refractivity contribution in [3.05, 3.63) is 46.2 Å². The number of benzene rings is 1. The van der Waals surface area contributed by atoms with Crippen LogP contribution in [0.5, 0.6) is 0 Å². The molecular formula is C27H34N2O2S2Si. The van der Waals surface area contributed by atoms with Gasteiger partial charge in [-0.05, 0) is 40.6 Å². The summed E-state index contributed by atoms with van der Waals surface area (Å²) in [6.07, 6.45) is 0. The number of esters is 1. The zero-order chi connectivity index (χ0) is 25.0. The van der Waals surface area contributed by atoms with E-state index >= 15 is 0 Å². The molecule has 0 radical (unpaired) electrons. The third kappa shape index (κ3) is 5.14. The summed E-state index contributed by atoms with van der Waals surface area (Å²) in [5, 5.41) is 2.46. The second kappa shape index (κ2) is 10.9. The second-order valence-electron chi connectivity index (χ2n) is 9.34. The summed E-state index contributed by atoms with van der Waals surface area (Å²) in [6, 6.07) is 10.2. The van der Waals surface area contributed by atoms with Crippen LogP contribution in [0.15, 0.2) is 35.7 Å². The van der Waals surface area contributed by atoms with E-state index in [1.807, 2.05) is 12.1 Å². The van der Waals surface area contributed by atoms with Crippen LogP contribution in [0.1, 0.15) is 63.7 Å². The van der Waals surface area contributed by atoms with Crippen molar-refractivity contribution in [1.29, 1.82) is 0 Å². The van der Waals surface area contributed by atoms with E-state index in [1.165, 1.54) is 4.88 Å². The average molecular weight is 511 g/mol. The van der Waals surface area contributed by atoms with Gasteiger partial charge in [-0.3, -0.25) is 0 Å². The topological polar surface area (TPSA) is 65.2 Å². The normalized spacial score (nSPS) is 11.7. The minimum atomic E-state index is -1.80. The number of hydrogen-bond acceptors (Lipinski definition) is 6. The smallest absolute Gasteiger partial charge is 0.350 e. The summed E-state index contributed by atoms with van der Waals surface area (Å²) in [7, 11) is -1.80. The summed E-state index contributed by atoms with van der Waals surface area (Å²) < 4.78 is 5.17. The van der Waals surface area contributed by atoms with Crippen molar-refractivity contribution in [1.82, 2.24) is 4.98 Å². The van der Waals surface area contributed by atoms with Crippen LogP contribution < -0.4 is 5.73 Å². The maximum absolute atomic E-state index is 12.3. The number of ether oxygens (including phenoxy) is 1. The number of thiophene rings is 1. The van der Waals surface area contributed by atoms with Gasteiger partial charge in [-0.15, -0.1) is 16.9 Å². The van der Waals surface area contributed by atoms with Crippen molar-refractivity contribution in [3.8, 4) is 33.2 Å². The Bertz CT molecular complexity index is 1180. The van der Waals surface area contributed by atoms with E-state index in [4.69, 9.17) is 10.5 Å². The quantitative estimate of drug-likeness (QED) is 0.199. The highest BCUT2D eigenvalue weighted by Crippen LogP contribution is 2.41. The molecule has 0 saturated heterocycles. The molecule has 0 aliphatic heterocycles. The first kappa shape index (κ1) is 26.2. The predicted octanol–water partition coefficient (Wildman–Crippen LogP) is 7.87. The SMILES string of the molecule is CCOC(=O)c1sc(N)nc1-c1ccc(-c2sccc2C#C[Si](C(C)C)(C(C)C)C(C)C)cc1. The molecule has 2 heterocycles. The van der Waals surface area contributed by atoms with Crippen molar-refractivity contribution >= 4 is 41.8 Å². The molecule has 0 bridgehead atoms. The van der Waals surface area contributed by atoms with E-state index in [0.717, 1.165) is 28.0 Å². The van der Waals surface area contributed by atoms with Crippen molar-refractivity contribution in [2.45, 2.75) is 65.1 Å². The number of thiazole rings is 1. The maximum Gasteiger partial charge on any atom is 0.350 e. The third-order valence-electron chi connectivity index (χ3n) is 6.47. The molecule has 4 nitrogen and oxygen atoms in total. The van der Waals surface area contributed by atoms with E-state index < -0.39 is 8.07 Å². The molecule has 0 aliphatic carbocycles. The molecule has 0 fully saturated rings. The molecule has 180 valence electrons. The fraction of sp³-hybridized carbons (Fsp3) is 0.407. The van der Waals surface area contributed by atoms with E-state index in [-0.39, 0.29) is 5.97 Å². The van der Waals surface area contributed by atoms with Crippen molar-refractivity contribution in [3.63, 3.8) is 0 Å². The van der Waals surface area contributed by atoms with Crippen LogP contribution in [0, 0.1) is 11.5 Å². The van der Waals surface area contributed by atoms with Gasteiger partial charge in [0, 0.05) is 16.0 Å². The lowest BCUT2D eigenvalue weighted by atomic mass is 10.1. The number of aromatic nitrogens is 1. The van der Waals surface area contributed by atoms with E-state index in [0.29, 0.717) is 38.9 Å².